The molecule has 1 aliphatic heterocycles. The summed E-state index contributed by atoms with van der Waals surface area (Å²) >= 11 is 0. The average Bonchev–Trinajstić information content (AvgIpc) is 2.49. The number of piperidine rings is 1. The average molecular weight is 275 g/mol. The lowest BCUT2D eigenvalue weighted by molar-refractivity contribution is 0.172. The summed E-state index contributed by atoms with van der Waals surface area (Å²) in [5, 5.41) is 11.7. The minimum atomic E-state index is 0.164. The summed E-state index contributed by atoms with van der Waals surface area (Å²) in [5.74, 6) is 1.09. The van der Waals surface area contributed by atoms with E-state index in [9.17, 15) is 0 Å². The summed E-state index contributed by atoms with van der Waals surface area (Å²) < 4.78 is 0. The third kappa shape index (κ3) is 3.97. The predicted molar refractivity (Wildman–Crippen MR) is 81.9 cm³/mol. The summed E-state index contributed by atoms with van der Waals surface area (Å²) in [4.78, 5) is 2.52. The fraction of sp³-hybridized carbons (Fsp3) is 0.562. The van der Waals surface area contributed by atoms with Crippen LogP contribution in [-0.2, 0) is 6.54 Å². The molecule has 2 rings (SSSR count). The molecule has 1 heterocycles. The van der Waals surface area contributed by atoms with E-state index in [0.717, 1.165) is 18.0 Å². The number of hydrogen-bond acceptors (Lipinski definition) is 3. The van der Waals surface area contributed by atoms with Crippen molar-refractivity contribution >= 4 is 5.84 Å². The number of likely N-dealkylation sites (tertiary alicyclic amines) is 1. The third-order valence-corrected chi connectivity index (χ3v) is 4.17. The maximum absolute atomic E-state index is 8.64. The van der Waals surface area contributed by atoms with Crippen LogP contribution in [0.2, 0.25) is 0 Å². The number of hydrogen-bond donors (Lipinski definition) is 2. The van der Waals surface area contributed by atoms with Crippen molar-refractivity contribution in [1.29, 1.82) is 0 Å². The fourth-order valence-corrected chi connectivity index (χ4v) is 2.94. The van der Waals surface area contributed by atoms with E-state index < -0.39 is 0 Å². The van der Waals surface area contributed by atoms with Crippen molar-refractivity contribution in [3.05, 3.63) is 35.4 Å². The van der Waals surface area contributed by atoms with Crippen LogP contribution in [0.5, 0.6) is 0 Å². The number of rotatable bonds is 5. The molecule has 1 fully saturated rings. The van der Waals surface area contributed by atoms with Crippen molar-refractivity contribution in [3.63, 3.8) is 0 Å². The van der Waals surface area contributed by atoms with Gasteiger partial charge in [-0.1, -0.05) is 49.2 Å². The maximum Gasteiger partial charge on any atom is 0.170 e. The minimum Gasteiger partial charge on any atom is -0.409 e. The van der Waals surface area contributed by atoms with E-state index in [1.807, 2.05) is 12.1 Å². The maximum atomic E-state index is 8.64. The van der Waals surface area contributed by atoms with E-state index in [1.165, 1.54) is 44.3 Å². The van der Waals surface area contributed by atoms with Gasteiger partial charge in [-0.15, -0.1) is 0 Å². The number of amidine groups is 1. The molecule has 1 saturated heterocycles. The van der Waals surface area contributed by atoms with Crippen molar-refractivity contribution in [1.82, 2.24) is 4.90 Å². The van der Waals surface area contributed by atoms with Gasteiger partial charge in [0.05, 0.1) is 0 Å². The van der Waals surface area contributed by atoms with E-state index in [-0.39, 0.29) is 5.84 Å². The summed E-state index contributed by atoms with van der Waals surface area (Å²) in [6, 6.07) is 7.94. The molecule has 110 valence electrons. The zero-order valence-electron chi connectivity index (χ0n) is 12.3. The zero-order valence-corrected chi connectivity index (χ0v) is 12.3. The molecule has 0 aromatic heterocycles. The summed E-state index contributed by atoms with van der Waals surface area (Å²) in [6.07, 6.45) is 5.34. The molecule has 0 spiro atoms. The molecule has 1 aromatic rings. The van der Waals surface area contributed by atoms with Crippen molar-refractivity contribution in [2.45, 2.75) is 39.2 Å². The topological polar surface area (TPSA) is 61.8 Å². The molecule has 0 saturated carbocycles. The van der Waals surface area contributed by atoms with Gasteiger partial charge < -0.3 is 10.9 Å². The van der Waals surface area contributed by atoms with Crippen LogP contribution >= 0.6 is 0 Å². The second-order valence-electron chi connectivity index (χ2n) is 5.69. The molecular formula is C16H25N3O. The van der Waals surface area contributed by atoms with Crippen LogP contribution in [0.25, 0.3) is 0 Å². The molecule has 0 aliphatic carbocycles. The molecule has 0 amide bonds. The van der Waals surface area contributed by atoms with E-state index in [1.54, 1.807) is 0 Å². The van der Waals surface area contributed by atoms with E-state index in [4.69, 9.17) is 10.9 Å². The Hall–Kier alpha value is -1.55. The zero-order chi connectivity index (χ0) is 14.4. The van der Waals surface area contributed by atoms with Crippen LogP contribution < -0.4 is 5.73 Å². The molecule has 0 atom stereocenters. The van der Waals surface area contributed by atoms with Gasteiger partial charge in [0.1, 0.15) is 0 Å². The van der Waals surface area contributed by atoms with Crippen LogP contribution in [0.1, 0.15) is 43.7 Å². The second kappa shape index (κ2) is 7.29. The van der Waals surface area contributed by atoms with E-state index in [0.29, 0.717) is 0 Å². The molecule has 0 bridgehead atoms. The lowest BCUT2D eigenvalue weighted by Gasteiger charge is -2.31. The quantitative estimate of drug-likeness (QED) is 0.376. The molecule has 1 aromatic carbocycles. The Kier molecular flexibility index (Phi) is 5.41. The summed E-state index contributed by atoms with van der Waals surface area (Å²) in [6.45, 7) is 5.67. The van der Waals surface area contributed by atoms with Crippen LogP contribution in [-0.4, -0.2) is 29.0 Å². The van der Waals surface area contributed by atoms with Crippen LogP contribution in [0.4, 0.5) is 0 Å². The fourth-order valence-electron chi connectivity index (χ4n) is 2.94. The highest BCUT2D eigenvalue weighted by molar-refractivity contribution is 5.96. The van der Waals surface area contributed by atoms with Gasteiger partial charge in [0.2, 0.25) is 0 Å². The monoisotopic (exact) mass is 275 g/mol. The Labute approximate surface area is 121 Å². The Morgan fingerprint density at radius 1 is 1.30 bits per heavy atom. The highest BCUT2D eigenvalue weighted by Crippen LogP contribution is 2.22. The molecule has 1 aliphatic rings. The largest absolute Gasteiger partial charge is 0.409 e. The van der Waals surface area contributed by atoms with Gasteiger partial charge in [0.25, 0.3) is 0 Å². The first kappa shape index (κ1) is 14.9. The van der Waals surface area contributed by atoms with Crippen molar-refractivity contribution < 1.29 is 5.21 Å². The molecule has 3 N–H and O–H groups in total. The van der Waals surface area contributed by atoms with E-state index in [2.05, 4.69) is 29.1 Å². The Morgan fingerprint density at radius 2 is 1.95 bits per heavy atom. The SMILES string of the molecule is CCCC1CCN(Cc2ccc(C(N)=NO)cc2)CC1. The van der Waals surface area contributed by atoms with Crippen LogP contribution in [0, 0.1) is 5.92 Å². The Morgan fingerprint density at radius 3 is 2.50 bits per heavy atom. The van der Waals surface area contributed by atoms with Crippen LogP contribution in [0.15, 0.2) is 29.4 Å². The highest BCUT2D eigenvalue weighted by atomic mass is 16.4. The number of benzene rings is 1. The standard InChI is InChI=1S/C16H25N3O/c1-2-3-13-8-10-19(11-9-13)12-14-4-6-15(7-5-14)16(17)18-20/h4-7,13,20H,2-3,8-12H2,1H3,(H2,17,18). The first-order valence-corrected chi connectivity index (χ1v) is 7.52. The van der Waals surface area contributed by atoms with Gasteiger partial charge in [0.15, 0.2) is 5.84 Å². The van der Waals surface area contributed by atoms with Crippen molar-refractivity contribution in [2.75, 3.05) is 13.1 Å². The van der Waals surface area contributed by atoms with Crippen molar-refractivity contribution in [3.8, 4) is 0 Å². The van der Waals surface area contributed by atoms with Gasteiger partial charge in [-0.05, 0) is 37.4 Å². The molecule has 4 nitrogen and oxygen atoms in total. The lowest BCUT2D eigenvalue weighted by atomic mass is 9.92. The van der Waals surface area contributed by atoms with Gasteiger partial charge in [-0.2, -0.15) is 0 Å². The predicted octanol–water partition coefficient (Wildman–Crippen LogP) is 2.79. The third-order valence-electron chi connectivity index (χ3n) is 4.17. The molecular weight excluding hydrogens is 250 g/mol. The second-order valence-corrected chi connectivity index (χ2v) is 5.69. The minimum absolute atomic E-state index is 0.164. The Bertz CT molecular complexity index is 434. The number of oxime groups is 1. The normalized spacial score (nSPS) is 18.4. The molecule has 0 radical (unpaired) electrons. The first-order chi connectivity index (χ1) is 9.72. The number of nitrogens with two attached hydrogens (primary N) is 1. The van der Waals surface area contributed by atoms with Crippen molar-refractivity contribution in [2.24, 2.45) is 16.8 Å². The smallest absolute Gasteiger partial charge is 0.170 e. The van der Waals surface area contributed by atoms with Gasteiger partial charge in [0, 0.05) is 12.1 Å². The van der Waals surface area contributed by atoms with Gasteiger partial charge >= 0.3 is 0 Å². The van der Waals surface area contributed by atoms with Gasteiger partial charge in [-0.3, -0.25) is 4.90 Å². The first-order valence-electron chi connectivity index (χ1n) is 7.52. The summed E-state index contributed by atoms with van der Waals surface area (Å²) in [5.41, 5.74) is 7.61. The Balaban J connectivity index is 1.85. The lowest BCUT2D eigenvalue weighted by Crippen LogP contribution is -2.33. The molecule has 0 unspecified atom stereocenters. The molecule has 20 heavy (non-hydrogen) atoms. The van der Waals surface area contributed by atoms with Crippen LogP contribution in [0.3, 0.4) is 0 Å². The summed E-state index contributed by atoms with van der Waals surface area (Å²) in [7, 11) is 0. The highest BCUT2D eigenvalue weighted by Gasteiger charge is 2.18. The molecule has 4 heteroatoms. The van der Waals surface area contributed by atoms with E-state index >= 15 is 0 Å². The van der Waals surface area contributed by atoms with Gasteiger partial charge in [-0.25, -0.2) is 0 Å². The number of nitrogens with zero attached hydrogens (tertiary/aromatic N) is 2.